The molecule has 1 aromatic heterocycles. The lowest BCUT2D eigenvalue weighted by Crippen LogP contribution is -2.52. The van der Waals surface area contributed by atoms with Crippen LogP contribution in [0.1, 0.15) is 25.5 Å². The van der Waals surface area contributed by atoms with Crippen molar-refractivity contribution in [1.82, 2.24) is 25.1 Å². The van der Waals surface area contributed by atoms with Gasteiger partial charge in [0.15, 0.2) is 0 Å². The van der Waals surface area contributed by atoms with E-state index in [1.807, 2.05) is 17.0 Å². The van der Waals surface area contributed by atoms with Crippen LogP contribution in [0.4, 0.5) is 16.4 Å². The van der Waals surface area contributed by atoms with E-state index < -0.39 is 0 Å². The second kappa shape index (κ2) is 11.9. The number of amides is 2. The van der Waals surface area contributed by atoms with Gasteiger partial charge in [-0.3, -0.25) is 14.7 Å². The Morgan fingerprint density at radius 2 is 1.80 bits per heavy atom. The summed E-state index contributed by atoms with van der Waals surface area (Å²) in [6.45, 7) is 9.57. The largest absolute Gasteiger partial charge is 0.497 e. The van der Waals surface area contributed by atoms with Gasteiger partial charge in [-0.2, -0.15) is 0 Å². The molecule has 0 spiro atoms. The molecule has 190 valence electrons. The second-order valence-corrected chi connectivity index (χ2v) is 9.08. The van der Waals surface area contributed by atoms with Gasteiger partial charge in [0.25, 0.3) is 5.56 Å². The number of nitrogens with zero attached hydrogens (tertiary/aromatic N) is 5. The number of carbonyl (C=O) groups is 1. The van der Waals surface area contributed by atoms with Gasteiger partial charge >= 0.3 is 6.03 Å². The van der Waals surface area contributed by atoms with Crippen LogP contribution in [-0.4, -0.2) is 91.8 Å². The highest BCUT2D eigenvalue weighted by molar-refractivity contribution is 5.74. The molecule has 1 aromatic carbocycles. The third-order valence-electron chi connectivity index (χ3n) is 6.63. The molecule has 4 rings (SSSR count). The molecule has 2 saturated heterocycles. The highest BCUT2D eigenvalue weighted by atomic mass is 16.5. The third-order valence-corrected chi connectivity index (χ3v) is 6.63. The van der Waals surface area contributed by atoms with E-state index in [1.165, 1.54) is 5.69 Å². The zero-order valence-electron chi connectivity index (χ0n) is 20.8. The minimum absolute atomic E-state index is 0.0126. The van der Waals surface area contributed by atoms with Crippen molar-refractivity contribution in [3.8, 4) is 5.75 Å². The van der Waals surface area contributed by atoms with Gasteiger partial charge in [0, 0.05) is 83.3 Å². The van der Waals surface area contributed by atoms with Gasteiger partial charge in [-0.25, -0.2) is 9.78 Å². The van der Waals surface area contributed by atoms with E-state index in [9.17, 15) is 9.59 Å². The van der Waals surface area contributed by atoms with Crippen molar-refractivity contribution >= 4 is 17.7 Å². The maximum absolute atomic E-state index is 12.4. The molecule has 10 heteroatoms. The molecule has 0 bridgehead atoms. The molecule has 0 atom stereocenters. The zero-order valence-corrected chi connectivity index (χ0v) is 20.8. The maximum Gasteiger partial charge on any atom is 0.317 e. The predicted molar refractivity (Wildman–Crippen MR) is 137 cm³/mol. The molecule has 0 unspecified atom stereocenters. The Morgan fingerprint density at radius 3 is 2.51 bits per heavy atom. The van der Waals surface area contributed by atoms with E-state index in [-0.39, 0.29) is 11.6 Å². The van der Waals surface area contributed by atoms with Crippen LogP contribution < -0.4 is 25.4 Å². The van der Waals surface area contributed by atoms with Crippen molar-refractivity contribution in [3.05, 3.63) is 46.4 Å². The Morgan fingerprint density at radius 1 is 1.06 bits per heavy atom. The highest BCUT2D eigenvalue weighted by Gasteiger charge is 2.23. The number of benzene rings is 1. The molecular formula is C25H37N7O3. The molecule has 0 radical (unpaired) electrons. The fraction of sp³-hybridized carbons (Fsp3) is 0.560. The number of nitrogens with one attached hydrogen (secondary N) is 2. The summed E-state index contributed by atoms with van der Waals surface area (Å²) in [4.78, 5) is 40.9. The Balaban J connectivity index is 1.30. The van der Waals surface area contributed by atoms with Crippen molar-refractivity contribution in [2.75, 3.05) is 75.8 Å². The first kappa shape index (κ1) is 24.8. The lowest BCUT2D eigenvalue weighted by Gasteiger charge is -2.36. The maximum atomic E-state index is 12.4. The Kier molecular flexibility index (Phi) is 8.46. The molecule has 35 heavy (non-hydrogen) atoms. The monoisotopic (exact) mass is 483 g/mol. The quantitative estimate of drug-likeness (QED) is 0.552. The third kappa shape index (κ3) is 6.66. The number of methoxy groups -OCH3 is 1. The number of aromatic nitrogens is 2. The molecule has 2 aliphatic heterocycles. The number of anilines is 2. The highest BCUT2D eigenvalue weighted by Crippen LogP contribution is 2.22. The summed E-state index contributed by atoms with van der Waals surface area (Å²) < 4.78 is 5.35. The number of unbranched alkanes of at least 4 members (excludes halogenated alkanes) is 1. The van der Waals surface area contributed by atoms with E-state index >= 15 is 0 Å². The molecule has 2 amide bonds. The number of hydrogen-bond acceptors (Lipinski definition) is 7. The summed E-state index contributed by atoms with van der Waals surface area (Å²) >= 11 is 0. The van der Waals surface area contributed by atoms with E-state index in [0.717, 1.165) is 50.5 Å². The SMILES string of the molecule is CCCCNC(=O)N1CCN(c2nc(CN3CCN(c4cccc(OC)c4)CC3)cc(=O)[nH]2)CC1. The van der Waals surface area contributed by atoms with E-state index in [4.69, 9.17) is 9.72 Å². The fourth-order valence-corrected chi connectivity index (χ4v) is 4.53. The number of piperazine rings is 2. The molecule has 2 N–H and O–H groups in total. The number of hydrogen-bond donors (Lipinski definition) is 2. The lowest BCUT2D eigenvalue weighted by molar-refractivity contribution is 0.194. The van der Waals surface area contributed by atoms with Crippen molar-refractivity contribution in [2.45, 2.75) is 26.3 Å². The van der Waals surface area contributed by atoms with Crippen LogP contribution in [0.3, 0.4) is 0 Å². The first-order valence-electron chi connectivity index (χ1n) is 12.5. The van der Waals surface area contributed by atoms with Gasteiger partial charge in [0.1, 0.15) is 5.75 Å². The average Bonchev–Trinajstić information content (AvgIpc) is 2.89. The smallest absolute Gasteiger partial charge is 0.317 e. The zero-order chi connectivity index (χ0) is 24.6. The topological polar surface area (TPSA) is 97.0 Å². The molecule has 2 fully saturated rings. The standard InChI is InChI=1S/C25H37N7O3/c1-3-4-8-26-25(34)32-15-13-31(14-16-32)24-27-20(17-23(33)28-24)19-29-9-11-30(12-10-29)21-6-5-7-22(18-21)35-2/h5-7,17-18H,3-4,8-16,19H2,1-2H3,(H,26,34)(H,27,28,33). The molecule has 10 nitrogen and oxygen atoms in total. The number of ether oxygens (including phenoxy) is 1. The van der Waals surface area contributed by atoms with Gasteiger partial charge in [0.05, 0.1) is 12.8 Å². The normalized spacial score (nSPS) is 16.9. The molecule has 2 aliphatic rings. The Labute approximate surface area is 206 Å². The minimum Gasteiger partial charge on any atom is -0.497 e. The summed E-state index contributed by atoms with van der Waals surface area (Å²) in [5, 5.41) is 2.97. The van der Waals surface area contributed by atoms with Crippen LogP contribution in [-0.2, 0) is 6.54 Å². The van der Waals surface area contributed by atoms with Gasteiger partial charge in [-0.1, -0.05) is 19.4 Å². The molecular weight excluding hydrogens is 446 g/mol. The molecule has 0 aliphatic carbocycles. The number of carbonyl (C=O) groups excluding carboxylic acids is 1. The van der Waals surface area contributed by atoms with Gasteiger partial charge in [-0.05, 0) is 18.6 Å². The minimum atomic E-state index is -0.139. The van der Waals surface area contributed by atoms with Crippen molar-refractivity contribution in [1.29, 1.82) is 0 Å². The predicted octanol–water partition coefficient (Wildman–Crippen LogP) is 1.73. The number of rotatable bonds is 8. The van der Waals surface area contributed by atoms with Gasteiger partial charge in [-0.15, -0.1) is 0 Å². The van der Waals surface area contributed by atoms with Crippen LogP contribution in [0.2, 0.25) is 0 Å². The first-order chi connectivity index (χ1) is 17.1. The molecule has 0 saturated carbocycles. The number of aromatic amines is 1. The summed E-state index contributed by atoms with van der Waals surface area (Å²) in [5.74, 6) is 1.46. The van der Waals surface area contributed by atoms with Crippen LogP contribution in [0.15, 0.2) is 35.1 Å². The summed E-state index contributed by atoms with van der Waals surface area (Å²) in [7, 11) is 1.69. The molecule has 2 aromatic rings. The van der Waals surface area contributed by atoms with Gasteiger partial charge in [0.2, 0.25) is 5.95 Å². The summed E-state index contributed by atoms with van der Waals surface area (Å²) in [6.07, 6.45) is 2.04. The van der Waals surface area contributed by atoms with Crippen molar-refractivity contribution < 1.29 is 9.53 Å². The van der Waals surface area contributed by atoms with Crippen molar-refractivity contribution in [3.63, 3.8) is 0 Å². The average molecular weight is 484 g/mol. The van der Waals surface area contributed by atoms with E-state index in [0.29, 0.717) is 45.2 Å². The van der Waals surface area contributed by atoms with E-state index in [2.05, 4.69) is 44.1 Å². The van der Waals surface area contributed by atoms with Crippen LogP contribution in [0.5, 0.6) is 5.75 Å². The number of urea groups is 1. The Bertz CT molecular complexity index is 1030. The number of H-pyrrole nitrogens is 1. The Hall–Kier alpha value is -3.27. The van der Waals surface area contributed by atoms with Gasteiger partial charge < -0.3 is 24.8 Å². The fourth-order valence-electron chi connectivity index (χ4n) is 4.53. The van der Waals surface area contributed by atoms with Crippen LogP contribution in [0.25, 0.3) is 0 Å². The van der Waals surface area contributed by atoms with Crippen LogP contribution in [0, 0.1) is 0 Å². The summed E-state index contributed by atoms with van der Waals surface area (Å²) in [6, 6.07) is 9.72. The van der Waals surface area contributed by atoms with Crippen molar-refractivity contribution in [2.24, 2.45) is 0 Å². The first-order valence-corrected chi connectivity index (χ1v) is 12.5. The lowest BCUT2D eigenvalue weighted by atomic mass is 10.2. The second-order valence-electron chi connectivity index (χ2n) is 9.08. The van der Waals surface area contributed by atoms with Crippen LogP contribution >= 0.6 is 0 Å². The molecule has 3 heterocycles. The van der Waals surface area contributed by atoms with E-state index in [1.54, 1.807) is 13.2 Å². The summed E-state index contributed by atoms with van der Waals surface area (Å²) in [5.41, 5.74) is 1.80.